The van der Waals surface area contributed by atoms with Crippen LogP contribution in [0.4, 0.5) is 10.1 Å². The van der Waals surface area contributed by atoms with Crippen LogP contribution in [0.15, 0.2) is 36.4 Å². The summed E-state index contributed by atoms with van der Waals surface area (Å²) in [6, 6.07) is 9.66. The fourth-order valence-corrected chi connectivity index (χ4v) is 2.10. The van der Waals surface area contributed by atoms with Gasteiger partial charge < -0.3 is 26.6 Å². The Hall–Kier alpha value is -2.15. The first-order chi connectivity index (χ1) is 10.7. The van der Waals surface area contributed by atoms with Gasteiger partial charge in [0.1, 0.15) is 17.3 Å². The molecule has 0 fully saturated rings. The molecular formula is C16H20FN3O2. The second-order valence-corrected chi connectivity index (χ2v) is 4.73. The number of ether oxygens (including phenoxy) is 1. The Morgan fingerprint density at radius 2 is 1.82 bits per heavy atom. The van der Waals surface area contributed by atoms with Gasteiger partial charge in [-0.1, -0.05) is 0 Å². The first-order valence-corrected chi connectivity index (χ1v) is 7.02. The van der Waals surface area contributed by atoms with Crippen LogP contribution in [0.2, 0.25) is 0 Å². The Kier molecular flexibility index (Phi) is 5.71. The van der Waals surface area contributed by atoms with Gasteiger partial charge in [-0.15, -0.1) is 0 Å². The molecule has 2 rings (SSSR count). The van der Waals surface area contributed by atoms with Crippen LogP contribution in [0, 0.1) is 5.82 Å². The monoisotopic (exact) mass is 305 g/mol. The molecule has 0 radical (unpaired) electrons. The topological polar surface area (TPSA) is 93.5 Å². The summed E-state index contributed by atoms with van der Waals surface area (Å²) in [5.41, 5.74) is 13.6. The molecule has 0 aromatic heterocycles. The first kappa shape index (κ1) is 16.2. The summed E-state index contributed by atoms with van der Waals surface area (Å²) in [6.07, 6.45) is 0. The Labute approximate surface area is 128 Å². The average Bonchev–Trinajstić information content (AvgIpc) is 2.55. The van der Waals surface area contributed by atoms with Crippen molar-refractivity contribution in [2.45, 2.75) is 13.1 Å². The molecule has 0 bridgehead atoms. The van der Waals surface area contributed by atoms with Crippen molar-refractivity contribution < 1.29 is 14.2 Å². The number of aliphatic hydroxyl groups is 1. The summed E-state index contributed by atoms with van der Waals surface area (Å²) < 4.78 is 19.0. The third-order valence-corrected chi connectivity index (χ3v) is 3.19. The normalized spacial score (nSPS) is 10.5. The van der Waals surface area contributed by atoms with Crippen LogP contribution < -0.4 is 21.5 Å². The van der Waals surface area contributed by atoms with Gasteiger partial charge in [-0.25, -0.2) is 4.39 Å². The van der Waals surface area contributed by atoms with Gasteiger partial charge in [0, 0.05) is 30.9 Å². The Morgan fingerprint density at radius 3 is 2.50 bits per heavy atom. The predicted molar refractivity (Wildman–Crippen MR) is 84.3 cm³/mol. The summed E-state index contributed by atoms with van der Waals surface area (Å²) in [4.78, 5) is 0. The largest absolute Gasteiger partial charge is 0.457 e. The number of aliphatic hydroxyl groups excluding tert-OH is 1. The summed E-state index contributed by atoms with van der Waals surface area (Å²) in [5.74, 6) is 0.762. The summed E-state index contributed by atoms with van der Waals surface area (Å²) in [7, 11) is 0. The van der Waals surface area contributed by atoms with E-state index in [2.05, 4.69) is 5.32 Å². The highest BCUT2D eigenvalue weighted by molar-refractivity contribution is 5.55. The number of anilines is 1. The molecule has 0 saturated carbocycles. The van der Waals surface area contributed by atoms with Crippen molar-refractivity contribution in [2.24, 2.45) is 11.5 Å². The minimum atomic E-state index is -0.348. The quantitative estimate of drug-likeness (QED) is 0.627. The Bertz CT molecular complexity index is 635. The van der Waals surface area contributed by atoms with Crippen molar-refractivity contribution in [3.63, 3.8) is 0 Å². The molecular weight excluding hydrogens is 285 g/mol. The summed E-state index contributed by atoms with van der Waals surface area (Å²) in [5, 5.41) is 11.9. The summed E-state index contributed by atoms with van der Waals surface area (Å²) >= 11 is 0. The third kappa shape index (κ3) is 3.94. The van der Waals surface area contributed by atoms with Gasteiger partial charge in [0.25, 0.3) is 0 Å². The molecule has 0 aliphatic rings. The number of benzene rings is 2. The van der Waals surface area contributed by atoms with Crippen molar-refractivity contribution in [3.05, 3.63) is 53.3 Å². The van der Waals surface area contributed by atoms with Gasteiger partial charge in [0.2, 0.25) is 0 Å². The second-order valence-electron chi connectivity index (χ2n) is 4.73. The lowest BCUT2D eigenvalue weighted by Gasteiger charge is -2.14. The van der Waals surface area contributed by atoms with Crippen molar-refractivity contribution in [3.8, 4) is 11.5 Å². The maximum Gasteiger partial charge on any atom is 0.132 e. The molecule has 6 heteroatoms. The molecule has 2 aromatic carbocycles. The zero-order valence-electron chi connectivity index (χ0n) is 12.2. The van der Waals surface area contributed by atoms with Crippen LogP contribution in [0.3, 0.4) is 0 Å². The number of halogens is 1. The Balaban J connectivity index is 2.23. The van der Waals surface area contributed by atoms with Crippen molar-refractivity contribution >= 4 is 5.69 Å². The molecule has 0 unspecified atom stereocenters. The number of hydrogen-bond acceptors (Lipinski definition) is 5. The van der Waals surface area contributed by atoms with Crippen LogP contribution in [-0.4, -0.2) is 18.3 Å². The lowest BCUT2D eigenvalue weighted by Crippen LogP contribution is -2.09. The highest BCUT2D eigenvalue weighted by atomic mass is 19.1. The van der Waals surface area contributed by atoms with E-state index in [0.717, 1.165) is 11.3 Å². The van der Waals surface area contributed by atoms with E-state index in [0.29, 0.717) is 30.2 Å². The minimum Gasteiger partial charge on any atom is -0.457 e. The zero-order chi connectivity index (χ0) is 15.9. The molecule has 0 aliphatic carbocycles. The number of nitrogens with two attached hydrogens (primary N) is 2. The molecule has 118 valence electrons. The van der Waals surface area contributed by atoms with E-state index in [1.165, 1.54) is 12.1 Å². The van der Waals surface area contributed by atoms with Crippen molar-refractivity contribution in [1.82, 2.24) is 0 Å². The molecule has 0 aliphatic heterocycles. The molecule has 2 aromatic rings. The fraction of sp³-hybridized carbons (Fsp3) is 0.250. The standard InChI is InChI=1S/C16H20FN3O2/c17-13-1-4-16(12(7-13)10-19)22-14-2-3-15(20-5-6-21)11(8-14)9-18/h1-4,7-8,20-21H,5-6,9-10,18-19H2. The minimum absolute atomic E-state index is 0.0394. The Morgan fingerprint density at radius 1 is 1.05 bits per heavy atom. The van der Waals surface area contributed by atoms with Gasteiger partial charge in [-0.2, -0.15) is 0 Å². The van der Waals surface area contributed by atoms with Crippen LogP contribution in [0.25, 0.3) is 0 Å². The zero-order valence-corrected chi connectivity index (χ0v) is 12.2. The molecule has 5 nitrogen and oxygen atoms in total. The average molecular weight is 305 g/mol. The second kappa shape index (κ2) is 7.74. The van der Waals surface area contributed by atoms with Crippen LogP contribution in [0.1, 0.15) is 11.1 Å². The first-order valence-electron chi connectivity index (χ1n) is 7.02. The van der Waals surface area contributed by atoms with Crippen molar-refractivity contribution in [1.29, 1.82) is 0 Å². The van der Waals surface area contributed by atoms with Gasteiger partial charge in [0.05, 0.1) is 6.61 Å². The van der Waals surface area contributed by atoms with Crippen LogP contribution >= 0.6 is 0 Å². The lowest BCUT2D eigenvalue weighted by atomic mass is 10.1. The van der Waals surface area contributed by atoms with E-state index in [1.807, 2.05) is 12.1 Å². The fourth-order valence-electron chi connectivity index (χ4n) is 2.10. The molecule has 0 heterocycles. The molecule has 0 spiro atoms. The van der Waals surface area contributed by atoms with Crippen LogP contribution in [0.5, 0.6) is 11.5 Å². The molecule has 0 atom stereocenters. The highest BCUT2D eigenvalue weighted by Crippen LogP contribution is 2.29. The van der Waals surface area contributed by atoms with E-state index in [1.54, 1.807) is 12.1 Å². The van der Waals surface area contributed by atoms with E-state index in [9.17, 15) is 4.39 Å². The van der Waals surface area contributed by atoms with Gasteiger partial charge in [-0.3, -0.25) is 0 Å². The molecule has 0 amide bonds. The maximum atomic E-state index is 13.2. The van der Waals surface area contributed by atoms with Gasteiger partial charge >= 0.3 is 0 Å². The van der Waals surface area contributed by atoms with E-state index < -0.39 is 0 Å². The maximum absolute atomic E-state index is 13.2. The predicted octanol–water partition coefficient (Wildman–Crippen LogP) is 1.94. The molecule has 6 N–H and O–H groups in total. The van der Waals surface area contributed by atoms with E-state index >= 15 is 0 Å². The summed E-state index contributed by atoms with van der Waals surface area (Å²) in [6.45, 7) is 1.01. The number of hydrogen-bond donors (Lipinski definition) is 4. The van der Waals surface area contributed by atoms with E-state index in [4.69, 9.17) is 21.3 Å². The molecule has 0 saturated heterocycles. The number of nitrogens with one attached hydrogen (secondary N) is 1. The van der Waals surface area contributed by atoms with E-state index in [-0.39, 0.29) is 19.0 Å². The number of rotatable bonds is 7. The molecule has 22 heavy (non-hydrogen) atoms. The third-order valence-electron chi connectivity index (χ3n) is 3.19. The lowest BCUT2D eigenvalue weighted by molar-refractivity contribution is 0.311. The SMILES string of the molecule is NCc1cc(Oc2ccc(F)cc2CN)ccc1NCCO. The highest BCUT2D eigenvalue weighted by Gasteiger charge is 2.08. The van der Waals surface area contributed by atoms with Gasteiger partial charge in [0.15, 0.2) is 0 Å². The smallest absolute Gasteiger partial charge is 0.132 e. The van der Waals surface area contributed by atoms with Crippen molar-refractivity contribution in [2.75, 3.05) is 18.5 Å². The van der Waals surface area contributed by atoms with Gasteiger partial charge in [-0.05, 0) is 42.0 Å². The van der Waals surface area contributed by atoms with Crippen LogP contribution in [-0.2, 0) is 13.1 Å².